The molecular formula is C16H35NO6. The van der Waals surface area contributed by atoms with Gasteiger partial charge in [-0.1, -0.05) is 45.4 Å². The van der Waals surface area contributed by atoms with E-state index in [0.717, 1.165) is 19.1 Å². The first-order chi connectivity index (χ1) is 11.0. The Kier molecular flexibility index (Phi) is 19.1. The molecule has 0 aliphatic rings. The number of aliphatic hydroxyl groups excluding tert-OH is 5. The van der Waals surface area contributed by atoms with E-state index in [1.165, 1.54) is 38.5 Å². The number of aliphatic hydroxyl groups is 5. The highest BCUT2D eigenvalue weighted by molar-refractivity contribution is 5.48. The highest BCUT2D eigenvalue weighted by Crippen LogP contribution is 2.07. The summed E-state index contributed by atoms with van der Waals surface area (Å²) in [5.41, 5.74) is 4.99. The van der Waals surface area contributed by atoms with Crippen LogP contribution < -0.4 is 5.73 Å². The molecule has 0 fully saturated rings. The lowest BCUT2D eigenvalue weighted by molar-refractivity contribution is -0.112. The third kappa shape index (κ3) is 14.7. The quantitative estimate of drug-likeness (QED) is 0.200. The van der Waals surface area contributed by atoms with Crippen molar-refractivity contribution in [1.29, 1.82) is 0 Å². The van der Waals surface area contributed by atoms with Gasteiger partial charge in [0.25, 0.3) is 0 Å². The zero-order chi connectivity index (χ0) is 18.1. The summed E-state index contributed by atoms with van der Waals surface area (Å²) < 4.78 is 0. The van der Waals surface area contributed by atoms with E-state index in [1.54, 1.807) is 0 Å². The number of nitrogens with two attached hydrogens (primary N) is 1. The molecule has 0 bridgehead atoms. The van der Waals surface area contributed by atoms with Gasteiger partial charge in [-0.3, -0.25) is 0 Å². The maximum Gasteiger partial charge on any atom is 0.119 e. The van der Waals surface area contributed by atoms with Gasteiger partial charge in [0.05, 0.1) is 12.7 Å². The van der Waals surface area contributed by atoms with Gasteiger partial charge in [0.15, 0.2) is 0 Å². The van der Waals surface area contributed by atoms with Gasteiger partial charge in [0.1, 0.15) is 24.6 Å². The van der Waals surface area contributed by atoms with Crippen LogP contribution in [0.3, 0.4) is 0 Å². The van der Waals surface area contributed by atoms with Gasteiger partial charge in [-0.2, -0.15) is 0 Å². The summed E-state index contributed by atoms with van der Waals surface area (Å²) in [6, 6.07) is 0. The molecule has 0 unspecified atom stereocenters. The standard InChI is InChI=1S/C10H20O.C6H15NO5/c1-2-3-4-5-6-7-8-9-10-11;7-1-3(9)5(11)6(12)4(10)2-8/h10H,2-9H2,1H3;3-6,8-12H,1-2,7H2/t;3-,4+,5+,6+/m.0/s1. The van der Waals surface area contributed by atoms with Crippen LogP contribution in [0.25, 0.3) is 0 Å². The van der Waals surface area contributed by atoms with Gasteiger partial charge < -0.3 is 36.1 Å². The highest BCUT2D eigenvalue weighted by atomic mass is 16.4. The summed E-state index contributed by atoms with van der Waals surface area (Å²) in [5, 5.41) is 44.2. The summed E-state index contributed by atoms with van der Waals surface area (Å²) in [6.07, 6.45) is 4.92. The van der Waals surface area contributed by atoms with Gasteiger partial charge in [-0.05, 0) is 6.42 Å². The topological polar surface area (TPSA) is 144 Å². The Hall–Kier alpha value is -0.570. The van der Waals surface area contributed by atoms with E-state index in [2.05, 4.69) is 6.92 Å². The largest absolute Gasteiger partial charge is 0.394 e. The Morgan fingerprint density at radius 1 is 0.870 bits per heavy atom. The summed E-state index contributed by atoms with van der Waals surface area (Å²) in [4.78, 5) is 9.94. The second-order valence-electron chi connectivity index (χ2n) is 5.61. The molecule has 0 aromatic heterocycles. The van der Waals surface area contributed by atoms with Crippen LogP contribution in [-0.2, 0) is 4.79 Å². The Labute approximate surface area is 139 Å². The third-order valence-electron chi connectivity index (χ3n) is 3.49. The summed E-state index contributed by atoms with van der Waals surface area (Å²) in [5.74, 6) is 0. The molecule has 7 nitrogen and oxygen atoms in total. The molecule has 0 amide bonds. The van der Waals surface area contributed by atoms with Crippen LogP contribution in [0, 0.1) is 0 Å². The smallest absolute Gasteiger partial charge is 0.119 e. The number of carbonyl (C=O) groups excluding carboxylic acids is 1. The number of aldehydes is 1. The molecule has 0 rings (SSSR count). The zero-order valence-corrected chi connectivity index (χ0v) is 14.2. The first-order valence-electron chi connectivity index (χ1n) is 8.42. The average Bonchev–Trinajstić information content (AvgIpc) is 2.58. The molecule has 0 heterocycles. The molecule has 4 atom stereocenters. The van der Waals surface area contributed by atoms with Gasteiger partial charge in [0, 0.05) is 13.0 Å². The van der Waals surface area contributed by atoms with Crippen LogP contribution in [0.1, 0.15) is 58.3 Å². The van der Waals surface area contributed by atoms with Crippen molar-refractivity contribution in [3.05, 3.63) is 0 Å². The molecule has 23 heavy (non-hydrogen) atoms. The van der Waals surface area contributed by atoms with Crippen molar-refractivity contribution in [3.63, 3.8) is 0 Å². The predicted octanol–water partition coefficient (Wildman–Crippen LogP) is -0.293. The molecule has 0 aliphatic carbocycles. The number of unbranched alkanes of at least 4 members (excludes halogenated alkanes) is 7. The second kappa shape index (κ2) is 17.8. The van der Waals surface area contributed by atoms with E-state index in [-0.39, 0.29) is 6.54 Å². The first kappa shape index (κ1) is 24.7. The summed E-state index contributed by atoms with van der Waals surface area (Å²) in [7, 11) is 0. The fourth-order valence-corrected chi connectivity index (χ4v) is 1.89. The molecule has 7 heteroatoms. The van der Waals surface area contributed by atoms with E-state index in [0.29, 0.717) is 0 Å². The fourth-order valence-electron chi connectivity index (χ4n) is 1.89. The summed E-state index contributed by atoms with van der Waals surface area (Å²) in [6.45, 7) is 1.32. The monoisotopic (exact) mass is 337 g/mol. The Morgan fingerprint density at radius 2 is 1.35 bits per heavy atom. The van der Waals surface area contributed by atoms with Crippen LogP contribution in [0.2, 0.25) is 0 Å². The second-order valence-corrected chi connectivity index (χ2v) is 5.61. The minimum atomic E-state index is -1.59. The van der Waals surface area contributed by atoms with Crippen molar-refractivity contribution in [2.24, 2.45) is 5.73 Å². The lowest BCUT2D eigenvalue weighted by Gasteiger charge is -2.24. The SMILES string of the molecule is CCCCCCCCCC=O.NC[C@H](O)[C@@H](O)[C@H](O)[C@H](O)CO. The fraction of sp³-hybridized carbons (Fsp3) is 0.938. The van der Waals surface area contributed by atoms with Crippen LogP contribution >= 0.6 is 0 Å². The van der Waals surface area contributed by atoms with E-state index >= 15 is 0 Å². The number of hydrogen-bond acceptors (Lipinski definition) is 7. The van der Waals surface area contributed by atoms with Crippen LogP contribution in [0.4, 0.5) is 0 Å². The van der Waals surface area contributed by atoms with Crippen LogP contribution in [-0.4, -0.2) is 69.4 Å². The van der Waals surface area contributed by atoms with Crippen LogP contribution in [0.15, 0.2) is 0 Å². The lowest BCUT2D eigenvalue weighted by atomic mass is 10.0. The van der Waals surface area contributed by atoms with Gasteiger partial charge in [-0.25, -0.2) is 0 Å². The molecule has 7 N–H and O–H groups in total. The minimum Gasteiger partial charge on any atom is -0.394 e. The third-order valence-corrected chi connectivity index (χ3v) is 3.49. The van der Waals surface area contributed by atoms with Crippen molar-refractivity contribution < 1.29 is 30.3 Å². The number of hydrogen-bond donors (Lipinski definition) is 6. The van der Waals surface area contributed by atoms with Gasteiger partial charge >= 0.3 is 0 Å². The average molecular weight is 337 g/mol. The molecule has 0 aromatic carbocycles. The zero-order valence-electron chi connectivity index (χ0n) is 14.2. The van der Waals surface area contributed by atoms with E-state index in [4.69, 9.17) is 31.3 Å². The molecule has 0 aliphatic heterocycles. The van der Waals surface area contributed by atoms with Crippen molar-refractivity contribution in [2.45, 2.75) is 82.7 Å². The maximum absolute atomic E-state index is 9.94. The normalized spacial score (nSPS) is 16.0. The molecule has 0 spiro atoms. The van der Waals surface area contributed by atoms with Gasteiger partial charge in [0.2, 0.25) is 0 Å². The van der Waals surface area contributed by atoms with Crippen molar-refractivity contribution in [3.8, 4) is 0 Å². The molecule has 0 saturated heterocycles. The number of rotatable bonds is 13. The van der Waals surface area contributed by atoms with Crippen molar-refractivity contribution in [2.75, 3.05) is 13.2 Å². The molecular weight excluding hydrogens is 302 g/mol. The molecule has 0 aromatic rings. The lowest BCUT2D eigenvalue weighted by Crippen LogP contribution is -2.48. The first-order valence-corrected chi connectivity index (χ1v) is 8.42. The van der Waals surface area contributed by atoms with Crippen molar-refractivity contribution >= 4 is 6.29 Å². The Balaban J connectivity index is 0. The highest BCUT2D eigenvalue weighted by Gasteiger charge is 2.28. The predicted molar refractivity (Wildman–Crippen MR) is 88.8 cm³/mol. The summed E-state index contributed by atoms with van der Waals surface area (Å²) >= 11 is 0. The Morgan fingerprint density at radius 3 is 1.78 bits per heavy atom. The van der Waals surface area contributed by atoms with E-state index in [1.807, 2.05) is 0 Å². The molecule has 0 radical (unpaired) electrons. The van der Waals surface area contributed by atoms with E-state index < -0.39 is 31.0 Å². The van der Waals surface area contributed by atoms with E-state index in [9.17, 15) is 4.79 Å². The van der Waals surface area contributed by atoms with Gasteiger partial charge in [-0.15, -0.1) is 0 Å². The van der Waals surface area contributed by atoms with Crippen LogP contribution in [0.5, 0.6) is 0 Å². The molecule has 140 valence electrons. The Bertz CT molecular complexity index is 241. The van der Waals surface area contributed by atoms with Crippen molar-refractivity contribution in [1.82, 2.24) is 0 Å². The maximum atomic E-state index is 9.94. The minimum absolute atomic E-state index is 0.226. The molecule has 0 saturated carbocycles. The number of carbonyl (C=O) groups is 1.